The quantitative estimate of drug-likeness (QED) is 0.888. The van der Waals surface area contributed by atoms with Crippen molar-refractivity contribution in [1.82, 2.24) is 9.55 Å². The highest BCUT2D eigenvalue weighted by Gasteiger charge is 2.04. The van der Waals surface area contributed by atoms with Gasteiger partial charge in [-0.25, -0.2) is 4.98 Å². The second-order valence-electron chi connectivity index (χ2n) is 3.77. The number of nitrogens with two attached hydrogens (primary N) is 1. The van der Waals surface area contributed by atoms with Gasteiger partial charge in [0, 0.05) is 17.4 Å². The first-order valence-corrected chi connectivity index (χ1v) is 5.53. The Morgan fingerprint density at radius 2 is 2.25 bits per heavy atom. The highest BCUT2D eigenvalue weighted by atomic mass is 35.5. The van der Waals surface area contributed by atoms with Crippen LogP contribution in [0.2, 0.25) is 5.02 Å². The molecule has 0 spiro atoms. The largest absolute Gasteiger partial charge is 0.329 e. The lowest BCUT2D eigenvalue weighted by Gasteiger charge is -2.08. The molecular formula is C12H14ClN3. The lowest BCUT2D eigenvalue weighted by atomic mass is 10.1. The van der Waals surface area contributed by atoms with Crippen LogP contribution in [0.25, 0.3) is 0 Å². The summed E-state index contributed by atoms with van der Waals surface area (Å²) in [7, 11) is 0. The Labute approximate surface area is 99.9 Å². The Bertz CT molecular complexity index is 491. The number of hydrogen-bond donors (Lipinski definition) is 1. The fourth-order valence-corrected chi connectivity index (χ4v) is 1.93. The van der Waals surface area contributed by atoms with Gasteiger partial charge in [-0.15, -0.1) is 0 Å². The number of aromatic nitrogens is 2. The van der Waals surface area contributed by atoms with Crippen molar-refractivity contribution in [2.45, 2.75) is 20.0 Å². The van der Waals surface area contributed by atoms with Crippen LogP contribution in [0.5, 0.6) is 0 Å². The third-order valence-corrected chi connectivity index (χ3v) is 2.89. The maximum atomic E-state index is 6.18. The Balaban J connectivity index is 2.27. The minimum Gasteiger partial charge on any atom is -0.329 e. The molecule has 0 amide bonds. The Kier molecular flexibility index (Phi) is 3.27. The molecule has 0 saturated heterocycles. The van der Waals surface area contributed by atoms with Gasteiger partial charge in [0.2, 0.25) is 0 Å². The number of rotatable bonds is 3. The molecule has 16 heavy (non-hydrogen) atoms. The molecule has 0 bridgehead atoms. The van der Waals surface area contributed by atoms with Crippen molar-refractivity contribution in [2.75, 3.05) is 0 Å². The van der Waals surface area contributed by atoms with Crippen LogP contribution in [0.15, 0.2) is 30.6 Å². The van der Waals surface area contributed by atoms with Crippen molar-refractivity contribution < 1.29 is 0 Å². The zero-order valence-electron chi connectivity index (χ0n) is 9.15. The molecule has 0 aliphatic rings. The van der Waals surface area contributed by atoms with Crippen molar-refractivity contribution in [1.29, 1.82) is 0 Å². The van der Waals surface area contributed by atoms with Gasteiger partial charge in [0.15, 0.2) is 0 Å². The summed E-state index contributed by atoms with van der Waals surface area (Å²) < 4.78 is 2.01. The van der Waals surface area contributed by atoms with E-state index in [2.05, 4.69) is 11.1 Å². The molecule has 0 aliphatic carbocycles. The number of aryl methyl sites for hydroxylation is 1. The SMILES string of the molecule is Cc1ccc(Cn2ccnc2CN)c(Cl)c1. The van der Waals surface area contributed by atoms with Gasteiger partial charge in [-0.2, -0.15) is 0 Å². The van der Waals surface area contributed by atoms with Gasteiger partial charge in [0.05, 0.1) is 13.1 Å². The molecule has 0 atom stereocenters. The zero-order chi connectivity index (χ0) is 11.5. The molecule has 4 heteroatoms. The van der Waals surface area contributed by atoms with E-state index in [4.69, 9.17) is 17.3 Å². The molecule has 0 radical (unpaired) electrons. The predicted molar refractivity (Wildman–Crippen MR) is 65.4 cm³/mol. The van der Waals surface area contributed by atoms with Crippen LogP contribution in [-0.4, -0.2) is 9.55 Å². The second kappa shape index (κ2) is 4.68. The first-order valence-electron chi connectivity index (χ1n) is 5.16. The number of halogens is 1. The van der Waals surface area contributed by atoms with E-state index in [0.29, 0.717) is 13.1 Å². The molecule has 2 rings (SSSR count). The predicted octanol–water partition coefficient (Wildman–Crippen LogP) is 2.35. The van der Waals surface area contributed by atoms with Gasteiger partial charge in [0.25, 0.3) is 0 Å². The van der Waals surface area contributed by atoms with Crippen LogP contribution < -0.4 is 5.73 Å². The van der Waals surface area contributed by atoms with E-state index in [1.54, 1.807) is 6.20 Å². The minimum absolute atomic E-state index is 0.441. The Morgan fingerprint density at radius 3 is 2.94 bits per heavy atom. The van der Waals surface area contributed by atoms with E-state index >= 15 is 0 Å². The molecule has 84 valence electrons. The summed E-state index contributed by atoms with van der Waals surface area (Å²) in [5, 5.41) is 0.789. The molecule has 0 saturated carbocycles. The topological polar surface area (TPSA) is 43.8 Å². The van der Waals surface area contributed by atoms with Gasteiger partial charge < -0.3 is 10.3 Å². The highest BCUT2D eigenvalue weighted by molar-refractivity contribution is 6.31. The van der Waals surface area contributed by atoms with Crippen molar-refractivity contribution in [2.24, 2.45) is 5.73 Å². The van der Waals surface area contributed by atoms with Crippen LogP contribution >= 0.6 is 11.6 Å². The maximum absolute atomic E-state index is 6.18. The molecule has 0 aliphatic heterocycles. The molecule has 1 aromatic carbocycles. The van der Waals surface area contributed by atoms with Crippen LogP contribution in [0.1, 0.15) is 17.0 Å². The molecule has 3 nitrogen and oxygen atoms in total. The second-order valence-corrected chi connectivity index (χ2v) is 4.18. The summed E-state index contributed by atoms with van der Waals surface area (Å²) >= 11 is 6.18. The monoisotopic (exact) mass is 235 g/mol. The number of benzene rings is 1. The normalized spacial score (nSPS) is 10.7. The maximum Gasteiger partial charge on any atom is 0.122 e. The third kappa shape index (κ3) is 2.26. The van der Waals surface area contributed by atoms with E-state index in [0.717, 1.165) is 16.4 Å². The van der Waals surface area contributed by atoms with Crippen molar-refractivity contribution >= 4 is 11.6 Å². The van der Waals surface area contributed by atoms with Crippen LogP contribution in [0.3, 0.4) is 0 Å². The number of hydrogen-bond acceptors (Lipinski definition) is 2. The van der Waals surface area contributed by atoms with Crippen molar-refractivity contribution in [3.63, 3.8) is 0 Å². The van der Waals surface area contributed by atoms with E-state index in [-0.39, 0.29) is 0 Å². The van der Waals surface area contributed by atoms with Gasteiger partial charge in [-0.1, -0.05) is 23.7 Å². The lowest BCUT2D eigenvalue weighted by Crippen LogP contribution is -2.09. The Hall–Kier alpha value is -1.32. The molecule has 0 fully saturated rings. The van der Waals surface area contributed by atoms with Crippen molar-refractivity contribution in [3.05, 3.63) is 52.6 Å². The standard InChI is InChI=1S/C12H14ClN3/c1-9-2-3-10(11(13)6-9)8-16-5-4-15-12(16)7-14/h2-6H,7-8,14H2,1H3. The fraction of sp³-hybridized carbons (Fsp3) is 0.250. The van der Waals surface area contributed by atoms with Gasteiger partial charge in [-0.05, 0) is 24.1 Å². The highest BCUT2D eigenvalue weighted by Crippen LogP contribution is 2.19. The van der Waals surface area contributed by atoms with Gasteiger partial charge >= 0.3 is 0 Å². The third-order valence-electron chi connectivity index (χ3n) is 2.53. The van der Waals surface area contributed by atoms with E-state index in [1.807, 2.05) is 29.8 Å². The number of nitrogens with zero attached hydrogens (tertiary/aromatic N) is 2. The first-order chi connectivity index (χ1) is 7.70. The molecule has 1 heterocycles. The fourth-order valence-electron chi connectivity index (χ4n) is 1.64. The molecule has 0 unspecified atom stereocenters. The van der Waals surface area contributed by atoms with E-state index < -0.39 is 0 Å². The summed E-state index contributed by atoms with van der Waals surface area (Å²) in [4.78, 5) is 4.17. The average Bonchev–Trinajstić information content (AvgIpc) is 2.69. The summed E-state index contributed by atoms with van der Waals surface area (Å²) in [6, 6.07) is 6.06. The van der Waals surface area contributed by atoms with E-state index in [1.165, 1.54) is 5.56 Å². The lowest BCUT2D eigenvalue weighted by molar-refractivity contribution is 0.724. The molecular weight excluding hydrogens is 222 g/mol. The molecule has 2 aromatic rings. The molecule has 1 aromatic heterocycles. The van der Waals surface area contributed by atoms with Gasteiger partial charge in [0.1, 0.15) is 5.82 Å². The molecule has 2 N–H and O–H groups in total. The summed E-state index contributed by atoms with van der Waals surface area (Å²) in [5.41, 5.74) is 7.84. The summed E-state index contributed by atoms with van der Waals surface area (Å²) in [6.45, 7) is 3.18. The van der Waals surface area contributed by atoms with Crippen molar-refractivity contribution in [3.8, 4) is 0 Å². The smallest absolute Gasteiger partial charge is 0.122 e. The van der Waals surface area contributed by atoms with E-state index in [9.17, 15) is 0 Å². The minimum atomic E-state index is 0.441. The van der Waals surface area contributed by atoms with Crippen LogP contribution in [0, 0.1) is 6.92 Å². The van der Waals surface area contributed by atoms with Gasteiger partial charge in [-0.3, -0.25) is 0 Å². The number of imidazole rings is 1. The van der Waals surface area contributed by atoms with Crippen LogP contribution in [0.4, 0.5) is 0 Å². The van der Waals surface area contributed by atoms with Crippen LogP contribution in [-0.2, 0) is 13.1 Å². The summed E-state index contributed by atoms with van der Waals surface area (Å²) in [5.74, 6) is 0.872. The Morgan fingerprint density at radius 1 is 1.44 bits per heavy atom. The first kappa shape index (κ1) is 11.2. The average molecular weight is 236 g/mol. The summed E-state index contributed by atoms with van der Waals surface area (Å²) in [6.07, 6.45) is 3.67. The zero-order valence-corrected chi connectivity index (χ0v) is 9.91.